The van der Waals surface area contributed by atoms with Crippen molar-refractivity contribution >= 4 is 17.5 Å². The van der Waals surface area contributed by atoms with Crippen LogP contribution in [0.25, 0.3) is 0 Å². The Bertz CT molecular complexity index is 368. The molecular formula is C13H18ClNO2. The molecule has 1 atom stereocenters. The van der Waals surface area contributed by atoms with Gasteiger partial charge in [-0.25, -0.2) is 0 Å². The predicted octanol–water partition coefficient (Wildman–Crippen LogP) is 3.02. The summed E-state index contributed by atoms with van der Waals surface area (Å²) in [5, 5.41) is 3.42. The molecule has 0 spiro atoms. The first kappa shape index (κ1) is 13.8. The van der Waals surface area contributed by atoms with Gasteiger partial charge >= 0.3 is 0 Å². The van der Waals surface area contributed by atoms with E-state index < -0.39 is 6.10 Å². The molecule has 0 aromatic heterocycles. The molecule has 94 valence electrons. The van der Waals surface area contributed by atoms with Crippen LogP contribution in [0.2, 0.25) is 5.02 Å². The van der Waals surface area contributed by atoms with E-state index in [9.17, 15) is 4.79 Å². The molecule has 4 heteroatoms. The fourth-order valence-corrected chi connectivity index (χ4v) is 1.57. The van der Waals surface area contributed by atoms with Crippen LogP contribution in [0, 0.1) is 0 Å². The fourth-order valence-electron chi connectivity index (χ4n) is 1.39. The highest BCUT2D eigenvalue weighted by atomic mass is 35.5. The van der Waals surface area contributed by atoms with E-state index in [-0.39, 0.29) is 5.91 Å². The van der Waals surface area contributed by atoms with Crippen molar-refractivity contribution in [2.24, 2.45) is 0 Å². The molecule has 0 aliphatic carbocycles. The largest absolute Gasteiger partial charge is 0.481 e. The van der Waals surface area contributed by atoms with E-state index in [1.165, 1.54) is 0 Å². The maximum absolute atomic E-state index is 11.8. The summed E-state index contributed by atoms with van der Waals surface area (Å²) >= 11 is 5.85. The van der Waals surface area contributed by atoms with Crippen LogP contribution in [0.5, 0.6) is 5.75 Å². The molecule has 1 amide bonds. The lowest BCUT2D eigenvalue weighted by Crippen LogP contribution is -2.38. The Hall–Kier alpha value is -1.22. The number of nitrogens with one attached hydrogen (secondary N) is 1. The number of carbonyl (C=O) groups excluding carboxylic acids is 1. The molecule has 3 nitrogen and oxygen atoms in total. The molecule has 0 saturated heterocycles. The second kappa shape index (κ2) is 7.17. The van der Waals surface area contributed by atoms with E-state index in [0.717, 1.165) is 6.42 Å². The van der Waals surface area contributed by atoms with Crippen molar-refractivity contribution in [2.75, 3.05) is 6.54 Å². The second-order valence-corrected chi connectivity index (χ2v) is 4.20. The predicted molar refractivity (Wildman–Crippen MR) is 69.5 cm³/mol. The normalized spacial score (nSPS) is 11.9. The van der Waals surface area contributed by atoms with Gasteiger partial charge < -0.3 is 10.1 Å². The Morgan fingerprint density at radius 2 is 2.24 bits per heavy atom. The van der Waals surface area contributed by atoms with Gasteiger partial charge in [0.25, 0.3) is 5.91 Å². The molecule has 1 N–H and O–H groups in total. The zero-order valence-electron chi connectivity index (χ0n) is 10.2. The topological polar surface area (TPSA) is 38.3 Å². The highest BCUT2D eigenvalue weighted by molar-refractivity contribution is 6.30. The minimum atomic E-state index is -0.458. The molecule has 1 aromatic rings. The van der Waals surface area contributed by atoms with Crippen LogP contribution >= 0.6 is 11.6 Å². The maximum atomic E-state index is 11.8. The lowest BCUT2D eigenvalue weighted by molar-refractivity contribution is -0.128. The molecule has 0 radical (unpaired) electrons. The number of amides is 1. The Balaban J connectivity index is 2.60. The van der Waals surface area contributed by atoms with Gasteiger partial charge in [-0.1, -0.05) is 31.5 Å². The zero-order valence-corrected chi connectivity index (χ0v) is 11.0. The summed E-state index contributed by atoms with van der Waals surface area (Å²) in [5.41, 5.74) is 0. The quantitative estimate of drug-likeness (QED) is 0.849. The molecule has 0 unspecified atom stereocenters. The maximum Gasteiger partial charge on any atom is 0.261 e. The Kier molecular flexibility index (Phi) is 5.84. The molecule has 0 fully saturated rings. The number of benzene rings is 1. The van der Waals surface area contributed by atoms with Crippen LogP contribution in [0.3, 0.4) is 0 Å². The van der Waals surface area contributed by atoms with Crippen LogP contribution in [0.4, 0.5) is 0 Å². The third kappa shape index (κ3) is 4.65. The van der Waals surface area contributed by atoms with Crippen LogP contribution in [0.1, 0.15) is 26.7 Å². The monoisotopic (exact) mass is 255 g/mol. The first-order valence-electron chi connectivity index (χ1n) is 5.87. The van der Waals surface area contributed by atoms with E-state index in [0.29, 0.717) is 23.7 Å². The Morgan fingerprint density at radius 1 is 1.47 bits per heavy atom. The zero-order chi connectivity index (χ0) is 12.7. The fraction of sp³-hybridized carbons (Fsp3) is 0.462. The van der Waals surface area contributed by atoms with Gasteiger partial charge in [-0.05, 0) is 31.0 Å². The van der Waals surface area contributed by atoms with E-state index in [1.807, 2.05) is 13.8 Å². The van der Waals surface area contributed by atoms with Gasteiger partial charge in [-0.3, -0.25) is 4.79 Å². The number of hydrogen-bond acceptors (Lipinski definition) is 2. The van der Waals surface area contributed by atoms with Crippen molar-refractivity contribution in [3.05, 3.63) is 29.3 Å². The van der Waals surface area contributed by atoms with Crippen molar-refractivity contribution in [3.8, 4) is 5.75 Å². The summed E-state index contributed by atoms with van der Waals surface area (Å²) in [6, 6.07) is 7.07. The summed E-state index contributed by atoms with van der Waals surface area (Å²) in [4.78, 5) is 11.8. The minimum absolute atomic E-state index is 0.0747. The molecule has 17 heavy (non-hydrogen) atoms. The van der Waals surface area contributed by atoms with Gasteiger partial charge in [0.2, 0.25) is 0 Å². The van der Waals surface area contributed by atoms with Gasteiger partial charge in [0.15, 0.2) is 6.10 Å². The van der Waals surface area contributed by atoms with Crippen molar-refractivity contribution in [2.45, 2.75) is 32.8 Å². The van der Waals surface area contributed by atoms with E-state index >= 15 is 0 Å². The number of rotatable bonds is 6. The molecule has 1 aromatic carbocycles. The average molecular weight is 256 g/mol. The highest BCUT2D eigenvalue weighted by Gasteiger charge is 2.17. The summed E-state index contributed by atoms with van der Waals surface area (Å²) in [6.45, 7) is 4.61. The summed E-state index contributed by atoms with van der Waals surface area (Å²) in [5.74, 6) is 0.547. The Morgan fingerprint density at radius 3 is 2.82 bits per heavy atom. The number of ether oxygens (including phenoxy) is 1. The lowest BCUT2D eigenvalue weighted by atomic mass is 10.2. The van der Waals surface area contributed by atoms with Crippen LogP contribution < -0.4 is 10.1 Å². The molecule has 0 heterocycles. The second-order valence-electron chi connectivity index (χ2n) is 3.76. The molecule has 0 saturated carbocycles. The van der Waals surface area contributed by atoms with Crippen LogP contribution in [0.15, 0.2) is 24.3 Å². The van der Waals surface area contributed by atoms with Gasteiger partial charge in [0, 0.05) is 11.6 Å². The minimum Gasteiger partial charge on any atom is -0.481 e. The molecule has 0 aliphatic heterocycles. The van der Waals surface area contributed by atoms with E-state index in [2.05, 4.69) is 5.32 Å². The van der Waals surface area contributed by atoms with Crippen molar-refractivity contribution in [1.29, 1.82) is 0 Å². The molecule has 0 aliphatic rings. The van der Waals surface area contributed by atoms with Gasteiger partial charge in [-0.15, -0.1) is 0 Å². The average Bonchev–Trinajstić information content (AvgIpc) is 2.33. The number of hydrogen-bond donors (Lipinski definition) is 1. The lowest BCUT2D eigenvalue weighted by Gasteiger charge is -2.17. The van der Waals surface area contributed by atoms with Gasteiger partial charge in [0.05, 0.1) is 0 Å². The molecular weight excluding hydrogens is 238 g/mol. The SMILES string of the molecule is CCCNC(=O)[C@H](CC)Oc1cccc(Cl)c1. The molecule has 1 rings (SSSR count). The van der Waals surface area contributed by atoms with E-state index in [4.69, 9.17) is 16.3 Å². The highest BCUT2D eigenvalue weighted by Crippen LogP contribution is 2.19. The van der Waals surface area contributed by atoms with Crippen molar-refractivity contribution < 1.29 is 9.53 Å². The Labute approximate surface area is 107 Å². The van der Waals surface area contributed by atoms with Crippen LogP contribution in [-0.2, 0) is 4.79 Å². The van der Waals surface area contributed by atoms with Crippen molar-refractivity contribution in [1.82, 2.24) is 5.32 Å². The molecule has 0 bridgehead atoms. The first-order chi connectivity index (χ1) is 8.17. The number of halogens is 1. The smallest absolute Gasteiger partial charge is 0.261 e. The van der Waals surface area contributed by atoms with E-state index in [1.54, 1.807) is 24.3 Å². The van der Waals surface area contributed by atoms with Crippen molar-refractivity contribution in [3.63, 3.8) is 0 Å². The van der Waals surface area contributed by atoms with Gasteiger partial charge in [-0.2, -0.15) is 0 Å². The third-order valence-corrected chi connectivity index (χ3v) is 2.52. The summed E-state index contributed by atoms with van der Waals surface area (Å²) in [7, 11) is 0. The summed E-state index contributed by atoms with van der Waals surface area (Å²) < 4.78 is 5.61. The number of carbonyl (C=O) groups is 1. The first-order valence-corrected chi connectivity index (χ1v) is 6.25. The standard InChI is InChI=1S/C13H18ClNO2/c1-3-8-15-13(16)12(4-2)17-11-7-5-6-10(14)9-11/h5-7,9,12H,3-4,8H2,1-2H3,(H,15,16)/t12-/m0/s1. The third-order valence-electron chi connectivity index (χ3n) is 2.29. The van der Waals surface area contributed by atoms with Crippen LogP contribution in [-0.4, -0.2) is 18.6 Å². The summed E-state index contributed by atoms with van der Waals surface area (Å²) in [6.07, 6.45) is 1.08. The van der Waals surface area contributed by atoms with Gasteiger partial charge in [0.1, 0.15) is 5.75 Å².